The topological polar surface area (TPSA) is 59.1 Å². The Bertz CT molecular complexity index is 1010. The molecule has 162 valence electrons. The molecule has 0 saturated carbocycles. The molecular formula is C23H26FN5O2. The summed E-state index contributed by atoms with van der Waals surface area (Å²) in [6.45, 7) is 3.85. The zero-order chi connectivity index (χ0) is 21.7. The van der Waals surface area contributed by atoms with Gasteiger partial charge in [-0.15, -0.1) is 0 Å². The van der Waals surface area contributed by atoms with E-state index in [1.807, 2.05) is 6.07 Å². The lowest BCUT2D eigenvalue weighted by atomic mass is 10.1. The Hall–Kier alpha value is -2.97. The summed E-state index contributed by atoms with van der Waals surface area (Å²) in [5, 5.41) is 3.53. The van der Waals surface area contributed by atoms with Gasteiger partial charge in [-0.3, -0.25) is 19.9 Å². The Morgan fingerprint density at radius 1 is 1.10 bits per heavy atom. The smallest absolute Gasteiger partial charge is 0.328 e. The van der Waals surface area contributed by atoms with E-state index in [0.717, 1.165) is 30.8 Å². The van der Waals surface area contributed by atoms with Gasteiger partial charge < -0.3 is 9.80 Å². The summed E-state index contributed by atoms with van der Waals surface area (Å²) in [7, 11) is 1.73. The number of imide groups is 1. The maximum atomic E-state index is 13.5. The average Bonchev–Trinajstić information content (AvgIpc) is 3.16. The first kappa shape index (κ1) is 20.0. The maximum Gasteiger partial charge on any atom is 0.328 e. The van der Waals surface area contributed by atoms with Crippen LogP contribution in [0.3, 0.4) is 0 Å². The third-order valence-corrected chi connectivity index (χ3v) is 6.46. The Kier molecular flexibility index (Phi) is 4.91. The summed E-state index contributed by atoms with van der Waals surface area (Å²) < 4.78 is 13.3. The van der Waals surface area contributed by atoms with E-state index in [4.69, 9.17) is 0 Å². The lowest BCUT2D eigenvalue weighted by molar-refractivity contribution is -0.139. The number of halogens is 1. The van der Waals surface area contributed by atoms with Crippen LogP contribution in [-0.2, 0) is 11.3 Å². The van der Waals surface area contributed by atoms with Gasteiger partial charge in [0.1, 0.15) is 24.3 Å². The van der Waals surface area contributed by atoms with E-state index < -0.39 is 6.04 Å². The molecule has 0 aromatic heterocycles. The van der Waals surface area contributed by atoms with Gasteiger partial charge in [0.2, 0.25) is 0 Å². The van der Waals surface area contributed by atoms with E-state index in [0.29, 0.717) is 0 Å². The third-order valence-electron chi connectivity index (χ3n) is 6.46. The molecule has 3 amide bonds. The second kappa shape index (κ2) is 7.62. The van der Waals surface area contributed by atoms with Gasteiger partial charge in [0, 0.05) is 25.8 Å². The molecule has 31 heavy (non-hydrogen) atoms. The molecule has 3 atom stereocenters. The number of aryl methyl sites for hydroxylation is 1. The highest BCUT2D eigenvalue weighted by atomic mass is 19.1. The molecule has 3 unspecified atom stereocenters. The van der Waals surface area contributed by atoms with Crippen LogP contribution in [-0.4, -0.2) is 65.3 Å². The number of nitrogens with zero attached hydrogens (tertiary/aromatic N) is 4. The lowest BCUT2D eigenvalue weighted by Gasteiger charge is -2.44. The first-order valence-electron chi connectivity index (χ1n) is 10.6. The highest BCUT2D eigenvalue weighted by Crippen LogP contribution is 2.33. The summed E-state index contributed by atoms with van der Waals surface area (Å²) in [6.07, 6.45) is 0.383. The number of nitrogens with one attached hydrogen (secondary N) is 1. The van der Waals surface area contributed by atoms with Gasteiger partial charge in [-0.1, -0.05) is 24.3 Å². The number of carbonyl (C=O) groups is 2. The van der Waals surface area contributed by atoms with E-state index in [9.17, 15) is 14.0 Å². The predicted octanol–water partition coefficient (Wildman–Crippen LogP) is 2.32. The molecule has 7 nitrogen and oxygen atoms in total. The van der Waals surface area contributed by atoms with E-state index >= 15 is 0 Å². The fraction of sp³-hybridized carbons (Fsp3) is 0.391. The van der Waals surface area contributed by atoms with Gasteiger partial charge in [0.05, 0.1) is 6.54 Å². The second-order valence-corrected chi connectivity index (χ2v) is 8.50. The minimum atomic E-state index is -0.458. The van der Waals surface area contributed by atoms with Crippen LogP contribution >= 0.6 is 0 Å². The average molecular weight is 423 g/mol. The number of fused-ring (bicyclic) bond motifs is 3. The van der Waals surface area contributed by atoms with Crippen molar-refractivity contribution in [3.8, 4) is 0 Å². The number of carbonyl (C=O) groups excluding carboxylic acids is 2. The number of anilines is 1. The van der Waals surface area contributed by atoms with Gasteiger partial charge in [-0.2, -0.15) is 0 Å². The number of amides is 3. The van der Waals surface area contributed by atoms with Gasteiger partial charge >= 0.3 is 6.03 Å². The van der Waals surface area contributed by atoms with Crippen LogP contribution in [0.5, 0.6) is 0 Å². The molecule has 2 aromatic carbocycles. The summed E-state index contributed by atoms with van der Waals surface area (Å²) >= 11 is 0. The number of likely N-dealkylation sites (N-methyl/N-ethyl adjacent to an activating group) is 1. The van der Waals surface area contributed by atoms with Crippen LogP contribution in [0.2, 0.25) is 0 Å². The Labute approximate surface area is 181 Å². The van der Waals surface area contributed by atoms with Gasteiger partial charge in [0.25, 0.3) is 5.91 Å². The molecule has 3 aliphatic rings. The molecule has 8 heteroatoms. The van der Waals surface area contributed by atoms with Crippen molar-refractivity contribution in [3.05, 3.63) is 65.5 Å². The van der Waals surface area contributed by atoms with Crippen molar-refractivity contribution in [2.24, 2.45) is 0 Å². The van der Waals surface area contributed by atoms with Gasteiger partial charge in [0.15, 0.2) is 0 Å². The Morgan fingerprint density at radius 2 is 1.87 bits per heavy atom. The number of urea groups is 1. The van der Waals surface area contributed by atoms with Crippen molar-refractivity contribution < 1.29 is 14.0 Å². The molecule has 3 aliphatic heterocycles. The summed E-state index contributed by atoms with van der Waals surface area (Å²) in [5.74, 6) is -0.553. The standard InChI is InChI=1S/C23H26FN5O2/c1-15-5-3-6-18(13-15)27-11-4-12-28-19-20(25-22(27)28)26(2)23(31)29(21(19)30)14-16-7-9-17(24)10-8-16/h3,5-10,13,19-20,22,25H,4,11-12,14H2,1-2H3. The zero-order valence-electron chi connectivity index (χ0n) is 17.7. The molecule has 5 rings (SSSR count). The molecule has 2 aromatic rings. The van der Waals surface area contributed by atoms with Crippen molar-refractivity contribution in [3.63, 3.8) is 0 Å². The normalized spacial score (nSPS) is 26.3. The maximum absolute atomic E-state index is 13.5. The molecule has 0 radical (unpaired) electrons. The minimum Gasteiger partial charge on any atom is -0.343 e. The van der Waals surface area contributed by atoms with Crippen LogP contribution in [0.15, 0.2) is 48.5 Å². The molecular weight excluding hydrogens is 397 g/mol. The molecule has 0 bridgehead atoms. The van der Waals surface area contributed by atoms with Crippen molar-refractivity contribution in [2.75, 3.05) is 25.0 Å². The van der Waals surface area contributed by atoms with E-state index in [-0.39, 0.29) is 36.8 Å². The minimum absolute atomic E-state index is 0.131. The Morgan fingerprint density at radius 3 is 2.61 bits per heavy atom. The largest absolute Gasteiger partial charge is 0.343 e. The van der Waals surface area contributed by atoms with Crippen molar-refractivity contribution >= 4 is 17.6 Å². The van der Waals surface area contributed by atoms with Crippen LogP contribution in [0.4, 0.5) is 14.9 Å². The van der Waals surface area contributed by atoms with Crippen molar-refractivity contribution in [1.82, 2.24) is 20.0 Å². The highest BCUT2D eigenvalue weighted by molar-refractivity contribution is 6.00. The van der Waals surface area contributed by atoms with Gasteiger partial charge in [-0.25, -0.2) is 9.18 Å². The van der Waals surface area contributed by atoms with Gasteiger partial charge in [-0.05, 0) is 48.7 Å². The zero-order valence-corrected chi connectivity index (χ0v) is 17.7. The quantitative estimate of drug-likeness (QED) is 0.821. The monoisotopic (exact) mass is 423 g/mol. The van der Waals surface area contributed by atoms with Crippen LogP contribution in [0.25, 0.3) is 0 Å². The number of benzene rings is 2. The van der Waals surface area contributed by atoms with Crippen LogP contribution < -0.4 is 10.2 Å². The molecule has 0 aliphatic carbocycles. The Balaban J connectivity index is 1.43. The van der Waals surface area contributed by atoms with Crippen LogP contribution in [0.1, 0.15) is 17.5 Å². The fourth-order valence-corrected chi connectivity index (χ4v) is 4.91. The van der Waals surface area contributed by atoms with E-state index in [1.54, 1.807) is 24.1 Å². The SMILES string of the molecule is Cc1cccc(N2CCCN3C4C(=O)N(Cc5ccc(F)cc5)C(=O)N(C)C4NC23)c1. The van der Waals surface area contributed by atoms with Crippen LogP contribution in [0, 0.1) is 12.7 Å². The second-order valence-electron chi connectivity index (χ2n) is 8.50. The number of rotatable bonds is 3. The predicted molar refractivity (Wildman–Crippen MR) is 114 cm³/mol. The molecule has 3 heterocycles. The van der Waals surface area contributed by atoms with E-state index in [1.165, 1.54) is 22.6 Å². The summed E-state index contributed by atoms with van der Waals surface area (Å²) in [6, 6.07) is 13.4. The first-order valence-corrected chi connectivity index (χ1v) is 10.6. The first-order chi connectivity index (χ1) is 14.9. The lowest BCUT2D eigenvalue weighted by Crippen LogP contribution is -2.66. The fourth-order valence-electron chi connectivity index (χ4n) is 4.91. The molecule has 3 fully saturated rings. The summed E-state index contributed by atoms with van der Waals surface area (Å²) in [5.41, 5.74) is 3.00. The number of hydrogen-bond acceptors (Lipinski definition) is 5. The summed E-state index contributed by atoms with van der Waals surface area (Å²) in [4.78, 5) is 33.9. The van der Waals surface area contributed by atoms with Crippen molar-refractivity contribution in [2.45, 2.75) is 38.4 Å². The molecule has 3 saturated heterocycles. The molecule has 1 N–H and O–H groups in total. The third kappa shape index (κ3) is 3.36. The number of hydrogen-bond donors (Lipinski definition) is 1. The highest BCUT2D eigenvalue weighted by Gasteiger charge is 2.56. The van der Waals surface area contributed by atoms with Crippen molar-refractivity contribution in [1.29, 1.82) is 0 Å². The molecule has 0 spiro atoms. The van der Waals surface area contributed by atoms with E-state index in [2.05, 4.69) is 40.2 Å².